The molecule has 1 aromatic rings. The second-order valence-corrected chi connectivity index (χ2v) is 4.20. The molecule has 18 heavy (non-hydrogen) atoms. The first kappa shape index (κ1) is 12.3. The van der Waals surface area contributed by atoms with Crippen molar-refractivity contribution in [3.05, 3.63) is 29.8 Å². The van der Waals surface area contributed by atoms with Gasteiger partial charge in [0.25, 0.3) is 0 Å². The molecule has 0 aromatic heterocycles. The van der Waals surface area contributed by atoms with E-state index in [0.717, 1.165) is 17.5 Å². The van der Waals surface area contributed by atoms with Gasteiger partial charge in [-0.3, -0.25) is 14.9 Å². The molecular weight excluding hydrogens is 232 g/mol. The van der Waals surface area contributed by atoms with Crippen molar-refractivity contribution in [2.24, 2.45) is 0 Å². The van der Waals surface area contributed by atoms with E-state index in [0.29, 0.717) is 12.8 Å². The number of amides is 2. The van der Waals surface area contributed by atoms with Crippen LogP contribution in [0.3, 0.4) is 0 Å². The highest BCUT2D eigenvalue weighted by Crippen LogP contribution is 2.16. The molecule has 0 unspecified atom stereocenters. The van der Waals surface area contributed by atoms with E-state index in [9.17, 15) is 14.4 Å². The summed E-state index contributed by atoms with van der Waals surface area (Å²) in [6.45, 7) is 0.388. The summed E-state index contributed by atoms with van der Waals surface area (Å²) in [5.74, 6) is -0.562. The molecule has 5 heteroatoms. The van der Waals surface area contributed by atoms with Gasteiger partial charge >= 0.3 is 0 Å². The number of nitrogens with one attached hydrogen (secondary N) is 1. The van der Waals surface area contributed by atoms with Crippen LogP contribution in [0.2, 0.25) is 0 Å². The number of carbonyl (C=O) groups excluding carboxylic acids is 3. The minimum atomic E-state index is -0.281. The van der Waals surface area contributed by atoms with E-state index in [1.165, 1.54) is 0 Å². The maximum Gasteiger partial charge on any atom is 0.246 e. The predicted molar refractivity (Wildman–Crippen MR) is 66.2 cm³/mol. The van der Waals surface area contributed by atoms with Crippen molar-refractivity contribution in [2.75, 3.05) is 18.0 Å². The summed E-state index contributed by atoms with van der Waals surface area (Å²) < 4.78 is 0. The summed E-state index contributed by atoms with van der Waals surface area (Å²) in [4.78, 5) is 34.5. The summed E-state index contributed by atoms with van der Waals surface area (Å²) in [5.41, 5.74) is 1.91. The molecule has 1 aliphatic heterocycles. The van der Waals surface area contributed by atoms with E-state index >= 15 is 0 Å². The lowest BCUT2D eigenvalue weighted by molar-refractivity contribution is -0.130. The molecule has 1 saturated heterocycles. The molecule has 1 N–H and O–H groups in total. The largest absolute Gasteiger partial charge is 0.353 e. The second-order valence-electron chi connectivity index (χ2n) is 4.20. The molecule has 0 radical (unpaired) electrons. The Morgan fingerprint density at radius 3 is 2.28 bits per heavy atom. The van der Waals surface area contributed by atoms with E-state index in [-0.39, 0.29) is 24.9 Å². The fourth-order valence-corrected chi connectivity index (χ4v) is 1.92. The monoisotopic (exact) mass is 246 g/mol. The van der Waals surface area contributed by atoms with E-state index in [1.54, 1.807) is 4.90 Å². The van der Waals surface area contributed by atoms with Crippen molar-refractivity contribution in [1.29, 1.82) is 0 Å². The van der Waals surface area contributed by atoms with Gasteiger partial charge in [-0.25, -0.2) is 0 Å². The first-order chi connectivity index (χ1) is 8.69. The standard InChI is InChI=1S/C13H14N2O3/c16-7-1-2-10-3-5-11(6-4-10)15-8-12(17)14-13(18)9-15/h3-7H,1-2,8-9H2,(H,14,17,18). The Morgan fingerprint density at radius 1 is 1.11 bits per heavy atom. The molecule has 2 amide bonds. The number of rotatable bonds is 4. The number of piperazine rings is 1. The van der Waals surface area contributed by atoms with Crippen LogP contribution in [-0.4, -0.2) is 31.2 Å². The highest BCUT2D eigenvalue weighted by molar-refractivity contribution is 6.02. The van der Waals surface area contributed by atoms with Crippen molar-refractivity contribution < 1.29 is 14.4 Å². The van der Waals surface area contributed by atoms with Crippen LogP contribution < -0.4 is 10.2 Å². The molecule has 0 aliphatic carbocycles. The zero-order valence-corrected chi connectivity index (χ0v) is 9.89. The van der Waals surface area contributed by atoms with Gasteiger partial charge in [-0.15, -0.1) is 0 Å². The molecule has 1 heterocycles. The number of benzene rings is 1. The maximum absolute atomic E-state index is 11.3. The maximum atomic E-state index is 11.3. The SMILES string of the molecule is O=CCCc1ccc(N2CC(=O)NC(=O)C2)cc1. The summed E-state index contributed by atoms with van der Waals surface area (Å²) >= 11 is 0. The van der Waals surface area contributed by atoms with Crippen LogP contribution in [-0.2, 0) is 20.8 Å². The van der Waals surface area contributed by atoms with Crippen molar-refractivity contribution >= 4 is 23.8 Å². The average Bonchev–Trinajstić information content (AvgIpc) is 2.36. The number of hydrogen-bond donors (Lipinski definition) is 1. The molecule has 1 fully saturated rings. The number of aldehydes is 1. The number of carbonyl (C=O) groups is 3. The molecule has 94 valence electrons. The first-order valence-electron chi connectivity index (χ1n) is 5.79. The number of anilines is 1. The number of hydrogen-bond acceptors (Lipinski definition) is 4. The normalized spacial score (nSPS) is 15.4. The van der Waals surface area contributed by atoms with Gasteiger partial charge in [0.2, 0.25) is 11.8 Å². The van der Waals surface area contributed by atoms with E-state index < -0.39 is 0 Å². The molecular formula is C13H14N2O3. The Labute approximate surface area is 105 Å². The van der Waals surface area contributed by atoms with Crippen LogP contribution >= 0.6 is 0 Å². The molecule has 0 spiro atoms. The van der Waals surface area contributed by atoms with Gasteiger partial charge in [0.15, 0.2) is 0 Å². The molecule has 5 nitrogen and oxygen atoms in total. The number of nitrogens with zero attached hydrogens (tertiary/aromatic N) is 1. The lowest BCUT2D eigenvalue weighted by Gasteiger charge is -2.27. The Hall–Kier alpha value is -2.17. The van der Waals surface area contributed by atoms with E-state index in [4.69, 9.17) is 0 Å². The van der Waals surface area contributed by atoms with Gasteiger partial charge < -0.3 is 9.69 Å². The van der Waals surface area contributed by atoms with Crippen LogP contribution in [0.25, 0.3) is 0 Å². The van der Waals surface area contributed by atoms with Crippen LogP contribution in [0.4, 0.5) is 5.69 Å². The molecule has 1 aliphatic rings. The van der Waals surface area contributed by atoms with Crippen LogP contribution in [0.15, 0.2) is 24.3 Å². The summed E-state index contributed by atoms with van der Waals surface area (Å²) in [7, 11) is 0. The summed E-state index contributed by atoms with van der Waals surface area (Å²) in [6, 6.07) is 7.56. The second kappa shape index (κ2) is 5.44. The van der Waals surface area contributed by atoms with E-state index in [1.807, 2.05) is 24.3 Å². The third kappa shape index (κ3) is 2.94. The molecule has 0 bridgehead atoms. The lowest BCUT2D eigenvalue weighted by Crippen LogP contribution is -2.51. The quantitative estimate of drug-likeness (QED) is 0.612. The molecule has 0 atom stereocenters. The van der Waals surface area contributed by atoms with Crippen molar-refractivity contribution in [3.8, 4) is 0 Å². The smallest absolute Gasteiger partial charge is 0.246 e. The van der Waals surface area contributed by atoms with Gasteiger partial charge in [-0.1, -0.05) is 12.1 Å². The Kier molecular flexibility index (Phi) is 3.72. The Morgan fingerprint density at radius 2 is 1.72 bits per heavy atom. The Balaban J connectivity index is 2.06. The van der Waals surface area contributed by atoms with Crippen molar-refractivity contribution in [2.45, 2.75) is 12.8 Å². The topological polar surface area (TPSA) is 66.5 Å². The average molecular weight is 246 g/mol. The van der Waals surface area contributed by atoms with Crippen LogP contribution in [0.1, 0.15) is 12.0 Å². The van der Waals surface area contributed by atoms with Gasteiger partial charge in [-0.05, 0) is 24.1 Å². The third-order valence-electron chi connectivity index (χ3n) is 2.80. The molecule has 0 saturated carbocycles. The van der Waals surface area contributed by atoms with Crippen molar-refractivity contribution in [3.63, 3.8) is 0 Å². The highest BCUT2D eigenvalue weighted by Gasteiger charge is 2.22. The van der Waals surface area contributed by atoms with Gasteiger partial charge in [0, 0.05) is 12.1 Å². The Bertz CT molecular complexity index is 452. The van der Waals surface area contributed by atoms with Crippen LogP contribution in [0.5, 0.6) is 0 Å². The zero-order chi connectivity index (χ0) is 13.0. The fourth-order valence-electron chi connectivity index (χ4n) is 1.92. The summed E-state index contributed by atoms with van der Waals surface area (Å²) in [6.07, 6.45) is 2.11. The van der Waals surface area contributed by atoms with E-state index in [2.05, 4.69) is 5.32 Å². The fraction of sp³-hybridized carbons (Fsp3) is 0.308. The first-order valence-corrected chi connectivity index (χ1v) is 5.79. The van der Waals surface area contributed by atoms with Gasteiger partial charge in [0.05, 0.1) is 13.1 Å². The van der Waals surface area contributed by atoms with Crippen molar-refractivity contribution in [1.82, 2.24) is 5.32 Å². The minimum Gasteiger partial charge on any atom is -0.353 e. The predicted octanol–water partition coefficient (Wildman–Crippen LogP) is 0.281. The van der Waals surface area contributed by atoms with Crippen LogP contribution in [0, 0.1) is 0 Å². The highest BCUT2D eigenvalue weighted by atomic mass is 16.2. The molecule has 2 rings (SSSR count). The third-order valence-corrected chi connectivity index (χ3v) is 2.80. The van der Waals surface area contributed by atoms with Gasteiger partial charge in [-0.2, -0.15) is 0 Å². The minimum absolute atomic E-state index is 0.194. The number of imide groups is 1. The molecule has 1 aromatic carbocycles. The number of aryl methyl sites for hydroxylation is 1. The zero-order valence-electron chi connectivity index (χ0n) is 9.89. The summed E-state index contributed by atoms with van der Waals surface area (Å²) in [5, 5.41) is 2.26. The lowest BCUT2D eigenvalue weighted by atomic mass is 10.1. The van der Waals surface area contributed by atoms with Gasteiger partial charge in [0.1, 0.15) is 6.29 Å².